The number of benzene rings is 1. The molecular weight excluding hydrogens is 256 g/mol. The monoisotopic (exact) mass is 278 g/mol. The van der Waals surface area contributed by atoms with Gasteiger partial charge >= 0.3 is 0 Å². The molecule has 1 aromatic carbocycles. The van der Waals surface area contributed by atoms with Gasteiger partial charge in [-0.25, -0.2) is 0 Å². The molecule has 1 saturated heterocycles. The zero-order valence-corrected chi connectivity index (χ0v) is 12.3. The summed E-state index contributed by atoms with van der Waals surface area (Å²) in [6.07, 6.45) is 0.971. The predicted molar refractivity (Wildman–Crippen MR) is 77.5 cm³/mol. The second kappa shape index (κ2) is 6.61. The summed E-state index contributed by atoms with van der Waals surface area (Å²) in [4.78, 5) is 14.4. The second-order valence-electron chi connectivity index (χ2n) is 5.01. The van der Waals surface area contributed by atoms with Crippen LogP contribution in [-0.4, -0.2) is 50.7 Å². The van der Waals surface area contributed by atoms with Gasteiger partial charge in [0.1, 0.15) is 0 Å². The van der Waals surface area contributed by atoms with Gasteiger partial charge < -0.3 is 19.7 Å². The predicted octanol–water partition coefficient (Wildman–Crippen LogP) is 1.53. The summed E-state index contributed by atoms with van der Waals surface area (Å²) < 4.78 is 10.4. The molecule has 110 valence electrons. The Morgan fingerprint density at radius 2 is 2.00 bits per heavy atom. The van der Waals surface area contributed by atoms with Crippen molar-refractivity contribution in [3.63, 3.8) is 0 Å². The van der Waals surface area contributed by atoms with Crippen LogP contribution < -0.4 is 14.8 Å². The van der Waals surface area contributed by atoms with Crippen molar-refractivity contribution in [2.24, 2.45) is 0 Å². The molecule has 0 aromatic heterocycles. The molecule has 1 unspecified atom stereocenters. The molecule has 0 spiro atoms. The van der Waals surface area contributed by atoms with Crippen molar-refractivity contribution in [3.05, 3.63) is 23.8 Å². The summed E-state index contributed by atoms with van der Waals surface area (Å²) in [7, 11) is 3.16. The van der Waals surface area contributed by atoms with Crippen LogP contribution in [0.15, 0.2) is 18.2 Å². The van der Waals surface area contributed by atoms with Crippen LogP contribution in [0.1, 0.15) is 23.7 Å². The van der Waals surface area contributed by atoms with Gasteiger partial charge in [-0.15, -0.1) is 0 Å². The standard InChI is InChI=1S/C15H22N2O3/c1-11-6-8-17(9-7-16-11)15(18)12-4-5-13(19-2)14(10-12)20-3/h4-5,10-11,16H,6-9H2,1-3H3. The van der Waals surface area contributed by atoms with Gasteiger partial charge in [0, 0.05) is 31.2 Å². The Morgan fingerprint density at radius 1 is 1.25 bits per heavy atom. The van der Waals surface area contributed by atoms with E-state index in [1.54, 1.807) is 32.4 Å². The van der Waals surface area contributed by atoms with E-state index in [9.17, 15) is 4.79 Å². The Labute approximate surface area is 119 Å². The van der Waals surface area contributed by atoms with Crippen molar-refractivity contribution < 1.29 is 14.3 Å². The molecule has 0 bridgehead atoms. The molecule has 1 fully saturated rings. The number of nitrogens with zero attached hydrogens (tertiary/aromatic N) is 1. The van der Waals surface area contributed by atoms with Gasteiger partial charge in [-0.1, -0.05) is 0 Å². The number of rotatable bonds is 3. The maximum atomic E-state index is 12.5. The Balaban J connectivity index is 2.16. The smallest absolute Gasteiger partial charge is 0.254 e. The maximum Gasteiger partial charge on any atom is 0.254 e. The molecule has 1 N–H and O–H groups in total. The zero-order valence-electron chi connectivity index (χ0n) is 12.3. The average Bonchev–Trinajstić information content (AvgIpc) is 2.70. The Hall–Kier alpha value is -1.75. The van der Waals surface area contributed by atoms with Crippen LogP contribution in [0.2, 0.25) is 0 Å². The Bertz CT molecular complexity index is 476. The molecular formula is C15H22N2O3. The van der Waals surface area contributed by atoms with Gasteiger partial charge in [-0.3, -0.25) is 4.79 Å². The molecule has 5 heteroatoms. The minimum atomic E-state index is 0.0434. The first-order chi connectivity index (χ1) is 9.65. The first-order valence-corrected chi connectivity index (χ1v) is 6.90. The number of nitrogens with one attached hydrogen (secondary N) is 1. The summed E-state index contributed by atoms with van der Waals surface area (Å²) in [5.74, 6) is 1.26. The van der Waals surface area contributed by atoms with E-state index in [0.29, 0.717) is 23.1 Å². The van der Waals surface area contributed by atoms with Crippen LogP contribution in [0.25, 0.3) is 0 Å². The number of methoxy groups -OCH3 is 2. The van der Waals surface area contributed by atoms with Crippen molar-refractivity contribution in [1.29, 1.82) is 0 Å². The van der Waals surface area contributed by atoms with E-state index in [0.717, 1.165) is 26.1 Å². The van der Waals surface area contributed by atoms with E-state index < -0.39 is 0 Å². The minimum Gasteiger partial charge on any atom is -0.493 e. The fraction of sp³-hybridized carbons (Fsp3) is 0.533. The van der Waals surface area contributed by atoms with Crippen LogP contribution in [0, 0.1) is 0 Å². The number of ether oxygens (including phenoxy) is 2. The topological polar surface area (TPSA) is 50.8 Å². The van der Waals surface area contributed by atoms with Gasteiger partial charge in [-0.2, -0.15) is 0 Å². The lowest BCUT2D eigenvalue weighted by molar-refractivity contribution is 0.0765. The van der Waals surface area contributed by atoms with Crippen molar-refractivity contribution >= 4 is 5.91 Å². The molecule has 1 amide bonds. The molecule has 20 heavy (non-hydrogen) atoms. The second-order valence-corrected chi connectivity index (χ2v) is 5.01. The maximum absolute atomic E-state index is 12.5. The molecule has 2 rings (SSSR count). The van der Waals surface area contributed by atoms with Crippen molar-refractivity contribution in [2.75, 3.05) is 33.9 Å². The van der Waals surface area contributed by atoms with Crippen LogP contribution in [-0.2, 0) is 0 Å². The van der Waals surface area contributed by atoms with Gasteiger partial charge in [0.2, 0.25) is 0 Å². The number of amides is 1. The highest BCUT2D eigenvalue weighted by Crippen LogP contribution is 2.28. The first-order valence-electron chi connectivity index (χ1n) is 6.90. The Morgan fingerprint density at radius 3 is 2.70 bits per heavy atom. The summed E-state index contributed by atoms with van der Waals surface area (Å²) in [5.41, 5.74) is 0.636. The molecule has 1 aromatic rings. The molecule has 0 saturated carbocycles. The lowest BCUT2D eigenvalue weighted by atomic mass is 10.1. The van der Waals surface area contributed by atoms with Crippen molar-refractivity contribution in [3.8, 4) is 11.5 Å². The third-order valence-electron chi connectivity index (χ3n) is 3.62. The highest BCUT2D eigenvalue weighted by Gasteiger charge is 2.20. The summed E-state index contributed by atoms with van der Waals surface area (Å²) >= 11 is 0. The van der Waals surface area contributed by atoms with Crippen LogP contribution in [0.3, 0.4) is 0 Å². The number of carbonyl (C=O) groups is 1. The van der Waals surface area contributed by atoms with Crippen LogP contribution in [0.5, 0.6) is 11.5 Å². The van der Waals surface area contributed by atoms with Crippen LogP contribution >= 0.6 is 0 Å². The summed E-state index contributed by atoms with van der Waals surface area (Å²) in [6, 6.07) is 5.75. The normalized spacial score (nSPS) is 19.4. The highest BCUT2D eigenvalue weighted by molar-refractivity contribution is 5.95. The first kappa shape index (κ1) is 14.7. The van der Waals surface area contributed by atoms with E-state index in [1.165, 1.54) is 0 Å². The quantitative estimate of drug-likeness (QED) is 0.911. The fourth-order valence-electron chi connectivity index (χ4n) is 2.36. The molecule has 0 radical (unpaired) electrons. The molecule has 1 aliphatic heterocycles. The average molecular weight is 278 g/mol. The third kappa shape index (κ3) is 3.22. The van der Waals surface area contributed by atoms with Crippen molar-refractivity contribution in [2.45, 2.75) is 19.4 Å². The molecule has 1 aliphatic rings. The molecule has 1 atom stereocenters. The number of hydrogen-bond acceptors (Lipinski definition) is 4. The lowest BCUT2D eigenvalue weighted by Gasteiger charge is -2.20. The largest absolute Gasteiger partial charge is 0.493 e. The molecule has 0 aliphatic carbocycles. The number of carbonyl (C=O) groups excluding carboxylic acids is 1. The van der Waals surface area contributed by atoms with Gasteiger partial charge in [0.15, 0.2) is 11.5 Å². The molecule has 5 nitrogen and oxygen atoms in total. The van der Waals surface area contributed by atoms with E-state index in [1.807, 2.05) is 4.90 Å². The zero-order chi connectivity index (χ0) is 14.5. The Kier molecular flexibility index (Phi) is 4.84. The van der Waals surface area contributed by atoms with E-state index >= 15 is 0 Å². The summed E-state index contributed by atoms with van der Waals surface area (Å²) in [5, 5.41) is 3.38. The fourth-order valence-corrected chi connectivity index (χ4v) is 2.36. The highest BCUT2D eigenvalue weighted by atomic mass is 16.5. The van der Waals surface area contributed by atoms with Gasteiger partial charge in [-0.05, 0) is 31.5 Å². The minimum absolute atomic E-state index is 0.0434. The SMILES string of the molecule is COc1ccc(C(=O)N2CCNC(C)CC2)cc1OC. The van der Waals surface area contributed by atoms with Crippen molar-refractivity contribution in [1.82, 2.24) is 10.2 Å². The third-order valence-corrected chi connectivity index (χ3v) is 3.62. The molecule has 1 heterocycles. The number of hydrogen-bond donors (Lipinski definition) is 1. The van der Waals surface area contributed by atoms with E-state index in [4.69, 9.17) is 9.47 Å². The summed E-state index contributed by atoms with van der Waals surface area (Å²) in [6.45, 7) is 4.49. The lowest BCUT2D eigenvalue weighted by Crippen LogP contribution is -2.34. The van der Waals surface area contributed by atoms with Gasteiger partial charge in [0.25, 0.3) is 5.91 Å². The van der Waals surface area contributed by atoms with E-state index in [2.05, 4.69) is 12.2 Å². The van der Waals surface area contributed by atoms with Gasteiger partial charge in [0.05, 0.1) is 14.2 Å². The van der Waals surface area contributed by atoms with Crippen LogP contribution in [0.4, 0.5) is 0 Å². The van der Waals surface area contributed by atoms with E-state index in [-0.39, 0.29) is 5.91 Å².